The van der Waals surface area contributed by atoms with Crippen LogP contribution >= 0.6 is 0 Å². The van der Waals surface area contributed by atoms with E-state index in [1.54, 1.807) is 0 Å². The summed E-state index contributed by atoms with van der Waals surface area (Å²) in [7, 11) is 0. The van der Waals surface area contributed by atoms with Gasteiger partial charge in [-0.2, -0.15) is 5.26 Å². The van der Waals surface area contributed by atoms with Crippen molar-refractivity contribution in [2.45, 2.75) is 51.2 Å². The minimum Gasteiger partial charge on any atom is -0.487 e. The zero-order valence-electron chi connectivity index (χ0n) is 12.4. The van der Waals surface area contributed by atoms with Crippen LogP contribution < -0.4 is 4.74 Å². The summed E-state index contributed by atoms with van der Waals surface area (Å²) < 4.78 is 6.12. The Balaban J connectivity index is 1.94. The zero-order valence-corrected chi connectivity index (χ0v) is 12.4. The van der Waals surface area contributed by atoms with Gasteiger partial charge in [-0.25, -0.2) is 0 Å². The van der Waals surface area contributed by atoms with Crippen LogP contribution in [0.25, 0.3) is 0 Å². The molecule has 3 heteroatoms. The molecule has 3 rings (SSSR count). The zero-order chi connectivity index (χ0) is 14.2. The van der Waals surface area contributed by atoms with Crippen LogP contribution in [0.4, 0.5) is 0 Å². The van der Waals surface area contributed by atoms with E-state index in [-0.39, 0.29) is 11.6 Å². The number of para-hydroxylation sites is 1. The van der Waals surface area contributed by atoms with E-state index in [1.807, 2.05) is 0 Å². The standard InChI is InChI=1S/C17H22N2O/c1-17(2)11-13-7-6-8-14(16(13)20-17)15(12-18)19-9-4-3-5-10-19/h6-8,15H,3-5,9-11H2,1-2H3. The fourth-order valence-corrected chi connectivity index (χ4v) is 3.38. The summed E-state index contributed by atoms with van der Waals surface area (Å²) in [4.78, 5) is 2.30. The number of hydrogen-bond acceptors (Lipinski definition) is 3. The lowest BCUT2D eigenvalue weighted by atomic mass is 9.97. The molecule has 1 unspecified atom stereocenters. The number of nitrogens with zero attached hydrogens (tertiary/aromatic N) is 2. The summed E-state index contributed by atoms with van der Waals surface area (Å²) >= 11 is 0. The second-order valence-corrected chi connectivity index (χ2v) is 6.50. The van der Waals surface area contributed by atoms with Crippen molar-refractivity contribution < 1.29 is 4.74 Å². The van der Waals surface area contributed by atoms with Crippen LogP contribution in [0.15, 0.2) is 18.2 Å². The lowest BCUT2D eigenvalue weighted by Gasteiger charge is -2.31. The van der Waals surface area contributed by atoms with Gasteiger partial charge in [0.05, 0.1) is 6.07 Å². The Hall–Kier alpha value is -1.53. The summed E-state index contributed by atoms with van der Waals surface area (Å²) in [6.07, 6.45) is 4.60. The number of nitriles is 1. The van der Waals surface area contributed by atoms with Crippen molar-refractivity contribution in [1.82, 2.24) is 4.90 Å². The molecule has 0 bridgehead atoms. The Morgan fingerprint density at radius 3 is 2.70 bits per heavy atom. The van der Waals surface area contributed by atoms with Crippen LogP contribution in [0.3, 0.4) is 0 Å². The van der Waals surface area contributed by atoms with Crippen molar-refractivity contribution >= 4 is 0 Å². The average molecular weight is 270 g/mol. The largest absolute Gasteiger partial charge is 0.487 e. The molecule has 0 saturated carbocycles. The van der Waals surface area contributed by atoms with Gasteiger partial charge >= 0.3 is 0 Å². The van der Waals surface area contributed by atoms with Crippen LogP contribution in [-0.2, 0) is 6.42 Å². The quantitative estimate of drug-likeness (QED) is 0.826. The maximum atomic E-state index is 9.65. The first-order chi connectivity index (χ1) is 9.61. The summed E-state index contributed by atoms with van der Waals surface area (Å²) in [5, 5.41) is 9.65. The number of fused-ring (bicyclic) bond motifs is 1. The number of benzene rings is 1. The van der Waals surface area contributed by atoms with Gasteiger partial charge in [-0.3, -0.25) is 4.90 Å². The topological polar surface area (TPSA) is 36.3 Å². The van der Waals surface area contributed by atoms with Crippen molar-refractivity contribution in [3.8, 4) is 11.8 Å². The number of hydrogen-bond donors (Lipinski definition) is 0. The molecule has 1 saturated heterocycles. The molecule has 0 N–H and O–H groups in total. The lowest BCUT2D eigenvalue weighted by Crippen LogP contribution is -2.33. The monoisotopic (exact) mass is 270 g/mol. The van der Waals surface area contributed by atoms with E-state index in [0.717, 1.165) is 30.8 Å². The van der Waals surface area contributed by atoms with Gasteiger partial charge in [0.15, 0.2) is 0 Å². The van der Waals surface area contributed by atoms with Crippen molar-refractivity contribution in [2.24, 2.45) is 0 Å². The third kappa shape index (κ3) is 2.41. The molecular formula is C17H22N2O. The van der Waals surface area contributed by atoms with Crippen LogP contribution in [0.2, 0.25) is 0 Å². The molecular weight excluding hydrogens is 248 g/mol. The van der Waals surface area contributed by atoms with Gasteiger partial charge in [-0.1, -0.05) is 24.6 Å². The van der Waals surface area contributed by atoms with Gasteiger partial charge < -0.3 is 4.74 Å². The third-order valence-corrected chi connectivity index (χ3v) is 4.29. The molecule has 1 aromatic carbocycles. The summed E-state index contributed by atoms with van der Waals surface area (Å²) in [5.74, 6) is 0.953. The summed E-state index contributed by atoms with van der Waals surface area (Å²) in [6.45, 7) is 6.26. The van der Waals surface area contributed by atoms with E-state index in [2.05, 4.69) is 43.0 Å². The Morgan fingerprint density at radius 2 is 2.00 bits per heavy atom. The van der Waals surface area contributed by atoms with Gasteiger partial charge in [-0.05, 0) is 45.3 Å². The molecule has 0 aliphatic carbocycles. The first kappa shape index (κ1) is 13.5. The number of rotatable bonds is 2. The van der Waals surface area contributed by atoms with Crippen LogP contribution in [0, 0.1) is 11.3 Å². The van der Waals surface area contributed by atoms with Crippen molar-refractivity contribution in [2.75, 3.05) is 13.1 Å². The Bertz CT molecular complexity index is 538. The number of piperidine rings is 1. The smallest absolute Gasteiger partial charge is 0.129 e. The van der Waals surface area contributed by atoms with E-state index in [9.17, 15) is 5.26 Å². The SMILES string of the molecule is CC1(C)Cc2cccc(C(C#N)N3CCCCC3)c2O1. The maximum absolute atomic E-state index is 9.65. The fourth-order valence-electron chi connectivity index (χ4n) is 3.38. The summed E-state index contributed by atoms with van der Waals surface area (Å²) in [5.41, 5.74) is 2.14. The van der Waals surface area contributed by atoms with E-state index in [1.165, 1.54) is 24.8 Å². The highest BCUT2D eigenvalue weighted by atomic mass is 16.5. The maximum Gasteiger partial charge on any atom is 0.129 e. The number of likely N-dealkylation sites (tertiary alicyclic amines) is 1. The third-order valence-electron chi connectivity index (χ3n) is 4.29. The first-order valence-electron chi connectivity index (χ1n) is 7.55. The molecule has 1 atom stereocenters. The highest BCUT2D eigenvalue weighted by Gasteiger charge is 2.34. The fraction of sp³-hybridized carbons (Fsp3) is 0.588. The van der Waals surface area contributed by atoms with Crippen molar-refractivity contribution in [3.63, 3.8) is 0 Å². The second kappa shape index (κ2) is 5.10. The Labute approximate surface area is 121 Å². The van der Waals surface area contributed by atoms with Crippen LogP contribution in [0.1, 0.15) is 50.3 Å². The highest BCUT2D eigenvalue weighted by molar-refractivity contribution is 5.48. The molecule has 0 aromatic heterocycles. The van der Waals surface area contributed by atoms with Crippen molar-refractivity contribution in [3.05, 3.63) is 29.3 Å². The minimum atomic E-state index is -0.167. The molecule has 1 fully saturated rings. The lowest BCUT2D eigenvalue weighted by molar-refractivity contribution is 0.132. The molecule has 3 nitrogen and oxygen atoms in total. The summed E-state index contributed by atoms with van der Waals surface area (Å²) in [6, 6.07) is 8.57. The Kier molecular flexibility index (Phi) is 3.43. The molecule has 2 heterocycles. The molecule has 1 aromatic rings. The molecule has 20 heavy (non-hydrogen) atoms. The molecule has 106 valence electrons. The van der Waals surface area contributed by atoms with Gasteiger partial charge in [-0.15, -0.1) is 0 Å². The highest BCUT2D eigenvalue weighted by Crippen LogP contribution is 2.41. The molecule has 2 aliphatic rings. The second-order valence-electron chi connectivity index (χ2n) is 6.50. The predicted octanol–water partition coefficient (Wildman–Crippen LogP) is 3.45. The predicted molar refractivity (Wildman–Crippen MR) is 78.6 cm³/mol. The van der Waals surface area contributed by atoms with Crippen LogP contribution in [-0.4, -0.2) is 23.6 Å². The van der Waals surface area contributed by atoms with Gasteiger partial charge in [0.1, 0.15) is 17.4 Å². The van der Waals surface area contributed by atoms with E-state index in [0.29, 0.717) is 0 Å². The van der Waals surface area contributed by atoms with E-state index < -0.39 is 0 Å². The Morgan fingerprint density at radius 1 is 1.25 bits per heavy atom. The molecule has 2 aliphatic heterocycles. The first-order valence-corrected chi connectivity index (χ1v) is 7.55. The van der Waals surface area contributed by atoms with Gasteiger partial charge in [0, 0.05) is 12.0 Å². The van der Waals surface area contributed by atoms with Gasteiger partial charge in [0.25, 0.3) is 0 Å². The normalized spacial score (nSPS) is 22.6. The average Bonchev–Trinajstić information content (AvgIpc) is 2.75. The van der Waals surface area contributed by atoms with Crippen molar-refractivity contribution in [1.29, 1.82) is 5.26 Å². The minimum absolute atomic E-state index is 0.152. The van der Waals surface area contributed by atoms with E-state index >= 15 is 0 Å². The molecule has 0 radical (unpaired) electrons. The number of ether oxygens (including phenoxy) is 1. The molecule has 0 amide bonds. The van der Waals surface area contributed by atoms with E-state index in [4.69, 9.17) is 4.74 Å². The molecule has 0 spiro atoms. The van der Waals surface area contributed by atoms with Crippen LogP contribution in [0.5, 0.6) is 5.75 Å². The van der Waals surface area contributed by atoms with Gasteiger partial charge in [0.2, 0.25) is 0 Å².